The molecule has 0 saturated heterocycles. The van der Waals surface area contributed by atoms with E-state index in [9.17, 15) is 4.79 Å². The van der Waals surface area contributed by atoms with E-state index in [-0.39, 0.29) is 16.1 Å². The first-order valence-corrected chi connectivity index (χ1v) is 4.53. The number of alkyl halides is 1. The molecule has 0 rings (SSSR count). The Morgan fingerprint density at radius 2 is 1.73 bits per heavy atom. The van der Waals surface area contributed by atoms with Gasteiger partial charge in [0.2, 0.25) is 5.91 Å². The first-order chi connectivity index (χ1) is 4.76. The molecule has 0 aromatic carbocycles. The Balaban J connectivity index is 4.26. The van der Waals surface area contributed by atoms with E-state index in [0.717, 1.165) is 0 Å². The zero-order valence-electron chi connectivity index (χ0n) is 7.81. The van der Waals surface area contributed by atoms with Crippen molar-refractivity contribution in [3.63, 3.8) is 0 Å². The largest absolute Gasteiger partial charge is 0.348 e. The monoisotopic (exact) mass is 221 g/mol. The van der Waals surface area contributed by atoms with Crippen molar-refractivity contribution in [1.29, 1.82) is 0 Å². The molecule has 3 heteroatoms. The highest BCUT2D eigenvalue weighted by atomic mass is 79.9. The summed E-state index contributed by atoms with van der Waals surface area (Å²) in [4.78, 5) is 12.9. The zero-order chi connectivity index (χ0) is 9.23. The fraction of sp³-hybridized carbons (Fsp3) is 0.875. The van der Waals surface area contributed by atoms with Gasteiger partial charge in [-0.25, -0.2) is 0 Å². The molecule has 11 heavy (non-hydrogen) atoms. The van der Waals surface area contributed by atoms with Crippen LogP contribution in [0.15, 0.2) is 0 Å². The van der Waals surface area contributed by atoms with Crippen molar-refractivity contribution in [2.24, 2.45) is 5.41 Å². The van der Waals surface area contributed by atoms with Crippen LogP contribution >= 0.6 is 15.9 Å². The highest BCUT2D eigenvalue weighted by Gasteiger charge is 2.29. The second-order valence-electron chi connectivity index (χ2n) is 3.96. The zero-order valence-corrected chi connectivity index (χ0v) is 9.40. The van der Waals surface area contributed by atoms with Gasteiger partial charge in [-0.15, -0.1) is 0 Å². The minimum absolute atomic E-state index is 0.0125. The van der Waals surface area contributed by atoms with Crippen LogP contribution in [0.5, 0.6) is 0 Å². The SMILES string of the molecule is CN(C)C(=O)C(Br)C(C)(C)C. The van der Waals surface area contributed by atoms with E-state index >= 15 is 0 Å². The number of carbonyl (C=O) groups is 1. The molecule has 0 radical (unpaired) electrons. The summed E-state index contributed by atoms with van der Waals surface area (Å²) in [6.45, 7) is 6.11. The number of rotatable bonds is 1. The second-order valence-corrected chi connectivity index (χ2v) is 4.88. The molecule has 0 N–H and O–H groups in total. The Morgan fingerprint density at radius 3 is 1.82 bits per heavy atom. The summed E-state index contributed by atoms with van der Waals surface area (Å²) in [6, 6.07) is 0. The molecule has 1 atom stereocenters. The van der Waals surface area contributed by atoms with E-state index in [1.807, 2.05) is 20.8 Å². The molecule has 0 saturated carbocycles. The van der Waals surface area contributed by atoms with Gasteiger partial charge in [0, 0.05) is 14.1 Å². The van der Waals surface area contributed by atoms with Crippen LogP contribution in [-0.4, -0.2) is 29.7 Å². The quantitative estimate of drug-likeness (QED) is 0.620. The molecule has 0 aliphatic carbocycles. The Labute approximate surface area is 77.1 Å². The van der Waals surface area contributed by atoms with Crippen molar-refractivity contribution in [2.75, 3.05) is 14.1 Å². The third-order valence-electron chi connectivity index (χ3n) is 1.42. The molecule has 0 spiro atoms. The Kier molecular flexibility index (Phi) is 3.55. The molecule has 0 bridgehead atoms. The van der Waals surface area contributed by atoms with E-state index in [4.69, 9.17) is 0 Å². The van der Waals surface area contributed by atoms with Crippen molar-refractivity contribution in [1.82, 2.24) is 4.90 Å². The predicted octanol–water partition coefficient (Wildman–Crippen LogP) is 1.88. The maximum Gasteiger partial charge on any atom is 0.236 e. The maximum atomic E-state index is 11.4. The predicted molar refractivity (Wildman–Crippen MR) is 50.9 cm³/mol. The number of nitrogens with zero attached hydrogens (tertiary/aromatic N) is 1. The summed E-state index contributed by atoms with van der Waals surface area (Å²) >= 11 is 3.37. The minimum Gasteiger partial charge on any atom is -0.348 e. The van der Waals surface area contributed by atoms with Crippen LogP contribution in [0.2, 0.25) is 0 Å². The Bertz CT molecular complexity index is 149. The van der Waals surface area contributed by atoms with Gasteiger partial charge >= 0.3 is 0 Å². The van der Waals surface area contributed by atoms with Crippen LogP contribution in [0, 0.1) is 5.41 Å². The van der Waals surface area contributed by atoms with Crippen LogP contribution < -0.4 is 0 Å². The van der Waals surface area contributed by atoms with Gasteiger partial charge in [-0.3, -0.25) is 4.79 Å². The molecule has 2 nitrogen and oxygen atoms in total. The number of amides is 1. The van der Waals surface area contributed by atoms with Gasteiger partial charge in [0.15, 0.2) is 0 Å². The first-order valence-electron chi connectivity index (χ1n) is 3.62. The minimum atomic E-state index is -0.0926. The van der Waals surface area contributed by atoms with Crippen LogP contribution in [0.3, 0.4) is 0 Å². The molecule has 0 fully saturated rings. The molecule has 0 aliphatic rings. The number of hydrogen-bond donors (Lipinski definition) is 0. The van der Waals surface area contributed by atoms with Gasteiger partial charge in [0.05, 0.1) is 4.83 Å². The lowest BCUT2D eigenvalue weighted by Gasteiger charge is -2.26. The first kappa shape index (κ1) is 11.0. The third-order valence-corrected chi connectivity index (χ3v) is 3.18. The van der Waals surface area contributed by atoms with Gasteiger partial charge in [-0.2, -0.15) is 0 Å². The van der Waals surface area contributed by atoms with E-state index in [1.54, 1.807) is 19.0 Å². The molecule has 66 valence electrons. The van der Waals surface area contributed by atoms with Crippen molar-refractivity contribution in [2.45, 2.75) is 25.6 Å². The van der Waals surface area contributed by atoms with Gasteiger partial charge in [0.1, 0.15) is 0 Å². The average Bonchev–Trinajstić information content (AvgIpc) is 1.82. The summed E-state index contributed by atoms with van der Waals surface area (Å²) < 4.78 is 0. The lowest BCUT2D eigenvalue weighted by Crippen LogP contribution is -2.37. The maximum absolute atomic E-state index is 11.4. The van der Waals surface area contributed by atoms with Crippen LogP contribution in [-0.2, 0) is 4.79 Å². The molecular weight excluding hydrogens is 206 g/mol. The lowest BCUT2D eigenvalue weighted by molar-refractivity contribution is -0.129. The molecule has 0 aromatic heterocycles. The fourth-order valence-electron chi connectivity index (χ4n) is 0.597. The van der Waals surface area contributed by atoms with Gasteiger partial charge in [0.25, 0.3) is 0 Å². The van der Waals surface area contributed by atoms with Gasteiger partial charge in [-0.1, -0.05) is 36.7 Å². The second kappa shape index (κ2) is 3.57. The molecular formula is C8H16BrNO. The van der Waals surface area contributed by atoms with Crippen LogP contribution in [0.4, 0.5) is 0 Å². The van der Waals surface area contributed by atoms with Crippen LogP contribution in [0.25, 0.3) is 0 Å². The van der Waals surface area contributed by atoms with Crippen molar-refractivity contribution in [3.05, 3.63) is 0 Å². The van der Waals surface area contributed by atoms with E-state index in [1.165, 1.54) is 0 Å². The van der Waals surface area contributed by atoms with Crippen molar-refractivity contribution < 1.29 is 4.79 Å². The van der Waals surface area contributed by atoms with Crippen molar-refractivity contribution in [3.8, 4) is 0 Å². The van der Waals surface area contributed by atoms with Gasteiger partial charge in [-0.05, 0) is 5.41 Å². The summed E-state index contributed by atoms with van der Waals surface area (Å²) in [5.74, 6) is 0.123. The molecule has 0 heterocycles. The topological polar surface area (TPSA) is 20.3 Å². The van der Waals surface area contributed by atoms with E-state index in [0.29, 0.717) is 0 Å². The van der Waals surface area contributed by atoms with Gasteiger partial charge < -0.3 is 4.90 Å². The highest BCUT2D eigenvalue weighted by molar-refractivity contribution is 9.10. The van der Waals surface area contributed by atoms with E-state index in [2.05, 4.69) is 15.9 Å². The molecule has 0 aliphatic heterocycles. The summed E-state index contributed by atoms with van der Waals surface area (Å²) in [5, 5.41) is 0. The smallest absolute Gasteiger partial charge is 0.236 e. The average molecular weight is 222 g/mol. The molecule has 1 amide bonds. The number of halogens is 1. The van der Waals surface area contributed by atoms with Crippen molar-refractivity contribution >= 4 is 21.8 Å². The van der Waals surface area contributed by atoms with Crippen LogP contribution in [0.1, 0.15) is 20.8 Å². The summed E-state index contributed by atoms with van der Waals surface area (Å²) in [6.07, 6.45) is 0. The standard InChI is InChI=1S/C8H16BrNO/c1-8(2,3)6(9)7(11)10(4)5/h6H,1-5H3. The fourth-order valence-corrected chi connectivity index (χ4v) is 1.01. The Morgan fingerprint density at radius 1 is 1.36 bits per heavy atom. The highest BCUT2D eigenvalue weighted by Crippen LogP contribution is 2.26. The third kappa shape index (κ3) is 3.23. The van der Waals surface area contributed by atoms with E-state index < -0.39 is 0 Å². The number of carbonyl (C=O) groups excluding carboxylic acids is 1. The summed E-state index contributed by atoms with van der Waals surface area (Å²) in [7, 11) is 3.53. The normalized spacial score (nSPS) is 14.4. The Hall–Kier alpha value is -0.0500. The molecule has 0 aromatic rings. The lowest BCUT2D eigenvalue weighted by atomic mass is 9.91. The summed E-state index contributed by atoms with van der Waals surface area (Å²) in [5.41, 5.74) is -0.0125. The number of hydrogen-bond acceptors (Lipinski definition) is 1. The molecule has 1 unspecified atom stereocenters.